The maximum absolute atomic E-state index is 13.3. The summed E-state index contributed by atoms with van der Waals surface area (Å²) in [6.07, 6.45) is -6.02. The summed E-state index contributed by atoms with van der Waals surface area (Å²) in [4.78, 5) is 0. The minimum absolute atomic E-state index is 0.0115. The van der Waals surface area contributed by atoms with Crippen molar-refractivity contribution in [3.63, 3.8) is 0 Å². The molecule has 0 heterocycles. The van der Waals surface area contributed by atoms with Crippen molar-refractivity contribution in [2.45, 2.75) is 26.1 Å². The van der Waals surface area contributed by atoms with E-state index in [1.54, 1.807) is 19.1 Å². The Bertz CT molecular complexity index is 662. The first-order valence-electron chi connectivity index (χ1n) is 6.32. The van der Waals surface area contributed by atoms with E-state index in [9.17, 15) is 22.7 Å². The number of aryl methyl sites for hydroxylation is 2. The van der Waals surface area contributed by atoms with Crippen LogP contribution >= 0.6 is 0 Å². The van der Waals surface area contributed by atoms with E-state index in [-0.39, 0.29) is 5.56 Å². The van der Waals surface area contributed by atoms with Crippen LogP contribution in [0.5, 0.6) is 0 Å². The molecule has 0 aliphatic rings. The van der Waals surface area contributed by atoms with Gasteiger partial charge in [-0.05, 0) is 42.7 Å². The van der Waals surface area contributed by atoms with E-state index in [2.05, 4.69) is 0 Å². The Morgan fingerprint density at radius 1 is 1.00 bits per heavy atom. The largest absolute Gasteiger partial charge is 0.419 e. The van der Waals surface area contributed by atoms with E-state index < -0.39 is 23.7 Å². The first kappa shape index (κ1) is 15.5. The summed E-state index contributed by atoms with van der Waals surface area (Å²) in [5.41, 5.74) is 0.787. The van der Waals surface area contributed by atoms with Crippen molar-refractivity contribution in [1.29, 1.82) is 0 Å². The Morgan fingerprint density at radius 2 is 1.67 bits per heavy atom. The Hall–Kier alpha value is -1.88. The van der Waals surface area contributed by atoms with Gasteiger partial charge in [0.05, 0.1) is 5.56 Å². The highest BCUT2D eigenvalue weighted by atomic mass is 19.4. The monoisotopic (exact) mass is 298 g/mol. The number of aliphatic hydroxyl groups is 1. The van der Waals surface area contributed by atoms with Crippen molar-refractivity contribution in [2.75, 3.05) is 0 Å². The van der Waals surface area contributed by atoms with Crippen molar-refractivity contribution in [3.05, 3.63) is 70.0 Å². The number of alkyl halides is 3. The minimum Gasteiger partial charge on any atom is -0.384 e. The Labute approximate surface area is 119 Å². The third-order valence-corrected chi connectivity index (χ3v) is 3.34. The van der Waals surface area contributed by atoms with Crippen LogP contribution in [0.25, 0.3) is 0 Å². The van der Waals surface area contributed by atoms with Gasteiger partial charge in [0, 0.05) is 0 Å². The molecule has 0 saturated heterocycles. The van der Waals surface area contributed by atoms with E-state index in [1.807, 2.05) is 13.0 Å². The topological polar surface area (TPSA) is 20.2 Å². The lowest BCUT2D eigenvalue weighted by Crippen LogP contribution is -2.11. The summed E-state index contributed by atoms with van der Waals surface area (Å²) >= 11 is 0. The third kappa shape index (κ3) is 3.24. The molecule has 0 fully saturated rings. The zero-order valence-electron chi connectivity index (χ0n) is 11.5. The maximum Gasteiger partial charge on any atom is 0.419 e. The van der Waals surface area contributed by atoms with Crippen molar-refractivity contribution in [3.8, 4) is 0 Å². The number of benzene rings is 2. The van der Waals surface area contributed by atoms with Gasteiger partial charge < -0.3 is 5.11 Å². The molecule has 112 valence electrons. The zero-order chi connectivity index (χ0) is 15.8. The van der Waals surface area contributed by atoms with Gasteiger partial charge in [0.25, 0.3) is 0 Å². The van der Waals surface area contributed by atoms with Crippen molar-refractivity contribution in [2.24, 2.45) is 0 Å². The van der Waals surface area contributed by atoms with Crippen LogP contribution in [0, 0.1) is 19.7 Å². The molecule has 0 aliphatic heterocycles. The molecule has 2 rings (SSSR count). The molecule has 2 aromatic carbocycles. The summed E-state index contributed by atoms with van der Waals surface area (Å²) in [7, 11) is 0. The van der Waals surface area contributed by atoms with Gasteiger partial charge in [0.15, 0.2) is 0 Å². The Balaban J connectivity index is 2.49. The minimum atomic E-state index is -4.79. The summed E-state index contributed by atoms with van der Waals surface area (Å²) < 4.78 is 51.4. The molecular formula is C16H14F4O. The molecule has 1 N–H and O–H groups in total. The van der Waals surface area contributed by atoms with Gasteiger partial charge >= 0.3 is 6.18 Å². The second-order valence-electron chi connectivity index (χ2n) is 5.00. The highest BCUT2D eigenvalue weighted by Gasteiger charge is 2.34. The molecule has 0 amide bonds. The first-order chi connectivity index (χ1) is 9.70. The fourth-order valence-electron chi connectivity index (χ4n) is 2.16. The molecule has 1 atom stereocenters. The molecule has 0 spiro atoms. The summed E-state index contributed by atoms with van der Waals surface area (Å²) in [5.74, 6) is -1.35. The highest BCUT2D eigenvalue weighted by Crippen LogP contribution is 2.34. The molecule has 0 saturated carbocycles. The smallest absolute Gasteiger partial charge is 0.384 e. The molecule has 0 aliphatic carbocycles. The van der Waals surface area contributed by atoms with Crippen molar-refractivity contribution in [1.82, 2.24) is 0 Å². The highest BCUT2D eigenvalue weighted by molar-refractivity contribution is 5.39. The summed E-state index contributed by atoms with van der Waals surface area (Å²) in [6, 6.07) is 7.88. The van der Waals surface area contributed by atoms with Gasteiger partial charge in [-0.2, -0.15) is 13.2 Å². The molecule has 0 aromatic heterocycles. The van der Waals surface area contributed by atoms with Crippen molar-refractivity contribution >= 4 is 0 Å². The molecule has 2 aromatic rings. The van der Waals surface area contributed by atoms with E-state index in [4.69, 9.17) is 0 Å². The van der Waals surface area contributed by atoms with Gasteiger partial charge in [0.1, 0.15) is 11.9 Å². The second kappa shape index (κ2) is 5.48. The Kier molecular flexibility index (Phi) is 4.05. The quantitative estimate of drug-likeness (QED) is 0.807. The third-order valence-electron chi connectivity index (χ3n) is 3.34. The van der Waals surface area contributed by atoms with Gasteiger partial charge in [-0.1, -0.05) is 29.8 Å². The summed E-state index contributed by atoms with van der Waals surface area (Å²) in [6.45, 7) is 3.58. The lowest BCUT2D eigenvalue weighted by molar-refractivity contribution is -0.140. The van der Waals surface area contributed by atoms with E-state index in [0.29, 0.717) is 11.6 Å². The SMILES string of the molecule is Cc1ccc(C)c(C(O)c2ccc(F)c(C(F)(F)F)c2)c1. The molecule has 21 heavy (non-hydrogen) atoms. The standard InChI is InChI=1S/C16H14F4O/c1-9-3-4-10(2)12(7-9)15(21)11-5-6-14(17)13(8-11)16(18,19)20/h3-8,15,21H,1-2H3. The second-order valence-corrected chi connectivity index (χ2v) is 5.00. The molecule has 0 bridgehead atoms. The number of aliphatic hydroxyl groups excluding tert-OH is 1. The number of halogens is 4. The van der Waals surface area contributed by atoms with E-state index in [1.165, 1.54) is 0 Å². The summed E-state index contributed by atoms with van der Waals surface area (Å²) in [5, 5.41) is 10.3. The first-order valence-corrected chi connectivity index (χ1v) is 6.32. The molecule has 5 heteroatoms. The zero-order valence-corrected chi connectivity index (χ0v) is 11.5. The average molecular weight is 298 g/mol. The van der Waals surface area contributed by atoms with Crippen LogP contribution in [0.2, 0.25) is 0 Å². The maximum atomic E-state index is 13.3. The number of hydrogen-bond donors (Lipinski definition) is 1. The number of rotatable bonds is 2. The van der Waals surface area contributed by atoms with Gasteiger partial charge in [0.2, 0.25) is 0 Å². The van der Waals surface area contributed by atoms with E-state index >= 15 is 0 Å². The molecule has 1 unspecified atom stereocenters. The van der Waals surface area contributed by atoms with Crippen LogP contribution in [0.1, 0.15) is 33.9 Å². The van der Waals surface area contributed by atoms with E-state index in [0.717, 1.165) is 23.3 Å². The van der Waals surface area contributed by atoms with Gasteiger partial charge in [-0.25, -0.2) is 4.39 Å². The predicted molar refractivity (Wildman–Crippen MR) is 71.4 cm³/mol. The van der Waals surface area contributed by atoms with Crippen LogP contribution in [-0.4, -0.2) is 5.11 Å². The van der Waals surface area contributed by atoms with Crippen LogP contribution < -0.4 is 0 Å². The predicted octanol–water partition coefficient (Wildman–Crippen LogP) is 4.54. The molecule has 1 nitrogen and oxygen atoms in total. The lowest BCUT2D eigenvalue weighted by atomic mass is 9.94. The van der Waals surface area contributed by atoms with Crippen LogP contribution in [0.3, 0.4) is 0 Å². The van der Waals surface area contributed by atoms with Gasteiger partial charge in [-0.3, -0.25) is 0 Å². The fraction of sp³-hybridized carbons (Fsp3) is 0.250. The number of hydrogen-bond acceptors (Lipinski definition) is 1. The van der Waals surface area contributed by atoms with Crippen LogP contribution in [0.15, 0.2) is 36.4 Å². The average Bonchev–Trinajstić information content (AvgIpc) is 2.40. The van der Waals surface area contributed by atoms with Crippen molar-refractivity contribution < 1.29 is 22.7 Å². The Morgan fingerprint density at radius 3 is 2.29 bits per heavy atom. The van der Waals surface area contributed by atoms with Gasteiger partial charge in [-0.15, -0.1) is 0 Å². The normalized spacial score (nSPS) is 13.3. The molecular weight excluding hydrogens is 284 g/mol. The van der Waals surface area contributed by atoms with Crippen LogP contribution in [-0.2, 0) is 6.18 Å². The lowest BCUT2D eigenvalue weighted by Gasteiger charge is -2.17. The van der Waals surface area contributed by atoms with Crippen LogP contribution in [0.4, 0.5) is 17.6 Å². The molecule has 0 radical (unpaired) electrons. The fourth-order valence-corrected chi connectivity index (χ4v) is 2.16.